The molecule has 0 saturated carbocycles. The van der Waals surface area contributed by atoms with Crippen molar-refractivity contribution >= 4 is 39.1 Å². The van der Waals surface area contributed by atoms with Gasteiger partial charge in [0.25, 0.3) is 0 Å². The summed E-state index contributed by atoms with van der Waals surface area (Å²) in [6, 6.07) is 9.94. The van der Waals surface area contributed by atoms with Gasteiger partial charge in [0.05, 0.1) is 5.75 Å². The highest BCUT2D eigenvalue weighted by molar-refractivity contribution is 8.00. The van der Waals surface area contributed by atoms with E-state index in [4.69, 9.17) is 0 Å². The van der Waals surface area contributed by atoms with Crippen LogP contribution in [0.1, 0.15) is 27.7 Å². The van der Waals surface area contributed by atoms with Gasteiger partial charge in [0.15, 0.2) is 5.78 Å². The molecular weight excluding hydrogens is 312 g/mol. The average Bonchev–Trinajstić information content (AvgIpc) is 2.93. The number of carbonyl (C=O) groups is 1. The van der Waals surface area contributed by atoms with Crippen LogP contribution >= 0.6 is 23.1 Å². The van der Waals surface area contributed by atoms with Crippen LogP contribution in [0, 0.1) is 6.92 Å². The minimum atomic E-state index is 0.131. The van der Waals surface area contributed by atoms with Crippen molar-refractivity contribution in [1.82, 2.24) is 9.97 Å². The third-order valence-corrected chi connectivity index (χ3v) is 5.40. The molecule has 3 aromatic rings. The third-order valence-electron chi connectivity index (χ3n) is 3.44. The second-order valence-corrected chi connectivity index (χ2v) is 7.22. The summed E-state index contributed by atoms with van der Waals surface area (Å²) in [6.07, 6.45) is 2.56. The molecule has 3 nitrogen and oxygen atoms in total. The fraction of sp³-hybridized carbons (Fsp3) is 0.235. The summed E-state index contributed by atoms with van der Waals surface area (Å²) in [5, 5.41) is 1.93. The summed E-state index contributed by atoms with van der Waals surface area (Å²) in [7, 11) is 0. The highest BCUT2D eigenvalue weighted by atomic mass is 32.2. The normalized spacial score (nSPS) is 11.0. The number of Topliss-reactive ketones (excluding diaryl/α,β-unsaturated/α-hetero) is 1. The molecule has 0 spiro atoms. The lowest BCUT2D eigenvalue weighted by Crippen LogP contribution is -2.02. The fourth-order valence-corrected chi connectivity index (χ4v) is 3.99. The van der Waals surface area contributed by atoms with Crippen LogP contribution < -0.4 is 0 Å². The fourth-order valence-electron chi connectivity index (χ4n) is 2.21. The number of aromatic nitrogens is 2. The molecule has 0 aliphatic rings. The molecule has 0 saturated heterocycles. The van der Waals surface area contributed by atoms with Gasteiger partial charge >= 0.3 is 0 Å². The number of fused-ring (bicyclic) bond motifs is 1. The van der Waals surface area contributed by atoms with Crippen LogP contribution in [0.5, 0.6) is 0 Å². The topological polar surface area (TPSA) is 42.9 Å². The van der Waals surface area contributed by atoms with Crippen molar-refractivity contribution in [1.29, 1.82) is 0 Å². The van der Waals surface area contributed by atoms with Gasteiger partial charge in [0.2, 0.25) is 0 Å². The zero-order valence-electron chi connectivity index (χ0n) is 12.5. The van der Waals surface area contributed by atoms with Crippen LogP contribution in [-0.2, 0) is 6.42 Å². The van der Waals surface area contributed by atoms with Gasteiger partial charge in [-0.05, 0) is 25.0 Å². The van der Waals surface area contributed by atoms with Gasteiger partial charge in [0.1, 0.15) is 16.2 Å². The molecule has 3 rings (SSSR count). The van der Waals surface area contributed by atoms with Gasteiger partial charge in [-0.3, -0.25) is 4.79 Å². The summed E-state index contributed by atoms with van der Waals surface area (Å²) in [5.41, 5.74) is 2.01. The van der Waals surface area contributed by atoms with Crippen LogP contribution in [0.25, 0.3) is 10.2 Å². The molecule has 0 N–H and O–H groups in total. The molecule has 22 heavy (non-hydrogen) atoms. The van der Waals surface area contributed by atoms with Gasteiger partial charge in [-0.15, -0.1) is 11.3 Å². The standard InChI is InChI=1S/C17H16N2OS2/c1-3-12-4-6-13(7-5-12)15(20)9-21-16-14-8-11(2)22-17(14)19-10-18-16/h4-8,10H,3,9H2,1-2H3. The van der Waals surface area contributed by atoms with E-state index in [0.717, 1.165) is 27.2 Å². The van der Waals surface area contributed by atoms with Crippen molar-refractivity contribution in [3.05, 3.63) is 52.7 Å². The summed E-state index contributed by atoms with van der Waals surface area (Å²) in [5.74, 6) is 0.526. The predicted molar refractivity (Wildman–Crippen MR) is 93.0 cm³/mol. The minimum absolute atomic E-state index is 0.131. The largest absolute Gasteiger partial charge is 0.293 e. The molecule has 0 bridgehead atoms. The van der Waals surface area contributed by atoms with E-state index in [2.05, 4.69) is 29.9 Å². The first kappa shape index (κ1) is 15.2. The van der Waals surface area contributed by atoms with Gasteiger partial charge in [-0.2, -0.15) is 0 Å². The highest BCUT2D eigenvalue weighted by Crippen LogP contribution is 2.30. The zero-order chi connectivity index (χ0) is 15.5. The molecule has 5 heteroatoms. The number of carbonyl (C=O) groups excluding carboxylic acids is 1. The molecular formula is C17H16N2OS2. The van der Waals surface area contributed by atoms with Crippen molar-refractivity contribution in [3.8, 4) is 0 Å². The number of aryl methyl sites for hydroxylation is 2. The quantitative estimate of drug-likeness (QED) is 0.392. The maximum atomic E-state index is 12.3. The highest BCUT2D eigenvalue weighted by Gasteiger charge is 2.11. The lowest BCUT2D eigenvalue weighted by molar-refractivity contribution is 0.102. The Hall–Kier alpha value is -1.72. The predicted octanol–water partition coefficient (Wildman–Crippen LogP) is 4.54. The van der Waals surface area contributed by atoms with Gasteiger partial charge in [0, 0.05) is 15.8 Å². The van der Waals surface area contributed by atoms with Crippen molar-refractivity contribution in [2.45, 2.75) is 25.3 Å². The first-order valence-corrected chi connectivity index (χ1v) is 8.93. The SMILES string of the molecule is CCc1ccc(C(=O)CSc2ncnc3sc(C)cc23)cc1. The maximum absolute atomic E-state index is 12.3. The average molecular weight is 328 g/mol. The van der Waals surface area contributed by atoms with E-state index in [1.54, 1.807) is 17.7 Å². The molecule has 0 unspecified atom stereocenters. The maximum Gasteiger partial charge on any atom is 0.173 e. The van der Waals surface area contributed by atoms with Gasteiger partial charge < -0.3 is 0 Å². The molecule has 1 aromatic carbocycles. The van der Waals surface area contributed by atoms with Crippen molar-refractivity contribution in [2.24, 2.45) is 0 Å². The number of hydrogen-bond donors (Lipinski definition) is 0. The Balaban J connectivity index is 1.74. The number of benzene rings is 1. The lowest BCUT2D eigenvalue weighted by atomic mass is 10.1. The Morgan fingerprint density at radius 2 is 2.00 bits per heavy atom. The smallest absolute Gasteiger partial charge is 0.173 e. The first-order valence-electron chi connectivity index (χ1n) is 7.13. The molecule has 112 valence electrons. The molecule has 0 amide bonds. The molecule has 0 aliphatic carbocycles. The number of ketones is 1. The third kappa shape index (κ3) is 3.20. The van der Waals surface area contributed by atoms with Crippen LogP contribution in [0.2, 0.25) is 0 Å². The molecule has 0 radical (unpaired) electrons. The Morgan fingerprint density at radius 1 is 1.23 bits per heavy atom. The monoisotopic (exact) mass is 328 g/mol. The Kier molecular flexibility index (Phi) is 4.55. The van der Waals surface area contributed by atoms with Crippen molar-refractivity contribution < 1.29 is 4.79 Å². The van der Waals surface area contributed by atoms with E-state index in [-0.39, 0.29) is 5.78 Å². The molecule has 0 aliphatic heterocycles. The molecule has 2 aromatic heterocycles. The number of rotatable bonds is 5. The van der Waals surface area contributed by atoms with Crippen LogP contribution in [0.4, 0.5) is 0 Å². The number of nitrogens with zero attached hydrogens (tertiary/aromatic N) is 2. The van der Waals surface area contributed by atoms with E-state index in [9.17, 15) is 4.79 Å². The van der Waals surface area contributed by atoms with Crippen molar-refractivity contribution in [2.75, 3.05) is 5.75 Å². The Bertz CT molecular complexity index is 809. The van der Waals surface area contributed by atoms with E-state index >= 15 is 0 Å². The zero-order valence-corrected chi connectivity index (χ0v) is 14.1. The van der Waals surface area contributed by atoms with Crippen LogP contribution in [0.15, 0.2) is 41.7 Å². The molecule has 2 heterocycles. The summed E-state index contributed by atoms with van der Waals surface area (Å²) >= 11 is 3.13. The van der Waals surface area contributed by atoms with E-state index in [0.29, 0.717) is 5.75 Å². The second kappa shape index (κ2) is 6.58. The molecule has 0 atom stereocenters. The number of hydrogen-bond acceptors (Lipinski definition) is 5. The van der Waals surface area contributed by atoms with Crippen LogP contribution in [-0.4, -0.2) is 21.5 Å². The molecule has 0 fully saturated rings. The van der Waals surface area contributed by atoms with E-state index < -0.39 is 0 Å². The van der Waals surface area contributed by atoms with Gasteiger partial charge in [-0.1, -0.05) is 43.0 Å². The summed E-state index contributed by atoms with van der Waals surface area (Å²) in [6.45, 7) is 4.16. The first-order chi connectivity index (χ1) is 10.7. The van der Waals surface area contributed by atoms with Crippen LogP contribution in [0.3, 0.4) is 0 Å². The number of thioether (sulfide) groups is 1. The van der Waals surface area contributed by atoms with Gasteiger partial charge in [-0.25, -0.2) is 9.97 Å². The summed E-state index contributed by atoms with van der Waals surface area (Å²) in [4.78, 5) is 23.1. The minimum Gasteiger partial charge on any atom is -0.293 e. The van der Waals surface area contributed by atoms with E-state index in [1.807, 2.05) is 24.3 Å². The number of thiophene rings is 1. The van der Waals surface area contributed by atoms with Crippen molar-refractivity contribution in [3.63, 3.8) is 0 Å². The summed E-state index contributed by atoms with van der Waals surface area (Å²) < 4.78 is 0. The Labute approximate surface area is 137 Å². The van der Waals surface area contributed by atoms with E-state index in [1.165, 1.54) is 22.2 Å². The second-order valence-electron chi connectivity index (χ2n) is 5.02. The Morgan fingerprint density at radius 3 is 2.73 bits per heavy atom. The lowest BCUT2D eigenvalue weighted by Gasteiger charge is -2.03.